The van der Waals surface area contributed by atoms with Crippen molar-refractivity contribution < 1.29 is 23.8 Å². The Morgan fingerprint density at radius 3 is 2.81 bits per heavy atom. The van der Waals surface area contributed by atoms with Crippen LogP contribution in [-0.4, -0.2) is 30.7 Å². The number of hydrogen-bond acceptors (Lipinski definition) is 5. The molecule has 0 fully saturated rings. The molecule has 0 aliphatic heterocycles. The minimum Gasteiger partial charge on any atom is -0.480 e. The van der Waals surface area contributed by atoms with E-state index in [9.17, 15) is 9.59 Å². The van der Waals surface area contributed by atoms with Crippen molar-refractivity contribution in [1.82, 2.24) is 5.32 Å². The van der Waals surface area contributed by atoms with E-state index in [2.05, 4.69) is 10.1 Å². The standard InChI is InChI=1S/C10H13NO5/c1-6-8(10(14)15-2)3-7(16-6)4-11-5-9(12)13/h3,11H,4-5H2,1-2H3,(H,12,13). The Labute approximate surface area is 92.2 Å². The van der Waals surface area contributed by atoms with Gasteiger partial charge in [-0.2, -0.15) is 0 Å². The van der Waals surface area contributed by atoms with Crippen molar-refractivity contribution in [3.8, 4) is 0 Å². The van der Waals surface area contributed by atoms with Crippen LogP contribution in [0.1, 0.15) is 21.9 Å². The number of esters is 1. The van der Waals surface area contributed by atoms with Crippen molar-refractivity contribution >= 4 is 11.9 Å². The second-order valence-corrected chi connectivity index (χ2v) is 3.17. The number of hydrogen-bond donors (Lipinski definition) is 2. The average molecular weight is 227 g/mol. The zero-order chi connectivity index (χ0) is 12.1. The van der Waals surface area contributed by atoms with Crippen molar-refractivity contribution in [2.24, 2.45) is 0 Å². The van der Waals surface area contributed by atoms with Gasteiger partial charge in [0.1, 0.15) is 17.1 Å². The molecule has 0 saturated heterocycles. The first-order valence-electron chi connectivity index (χ1n) is 4.64. The average Bonchev–Trinajstić information content (AvgIpc) is 2.58. The van der Waals surface area contributed by atoms with Crippen molar-refractivity contribution in [3.63, 3.8) is 0 Å². The summed E-state index contributed by atoms with van der Waals surface area (Å²) in [6.07, 6.45) is 0. The summed E-state index contributed by atoms with van der Waals surface area (Å²) in [5, 5.41) is 11.1. The maximum Gasteiger partial charge on any atom is 0.341 e. The highest BCUT2D eigenvalue weighted by molar-refractivity contribution is 5.90. The van der Waals surface area contributed by atoms with Crippen LogP contribution in [0.2, 0.25) is 0 Å². The van der Waals surface area contributed by atoms with Gasteiger partial charge in [-0.3, -0.25) is 10.1 Å². The highest BCUT2D eigenvalue weighted by atomic mass is 16.5. The number of nitrogens with one attached hydrogen (secondary N) is 1. The van der Waals surface area contributed by atoms with Gasteiger partial charge in [-0.1, -0.05) is 0 Å². The molecule has 1 aromatic rings. The molecule has 1 heterocycles. The molecule has 16 heavy (non-hydrogen) atoms. The molecule has 88 valence electrons. The Bertz CT molecular complexity index is 396. The molecular weight excluding hydrogens is 214 g/mol. The van der Waals surface area contributed by atoms with Crippen LogP contribution < -0.4 is 5.32 Å². The van der Waals surface area contributed by atoms with Crippen LogP contribution in [0.15, 0.2) is 10.5 Å². The number of ether oxygens (including phenoxy) is 1. The number of carboxylic acids is 1. The van der Waals surface area contributed by atoms with Crippen LogP contribution in [0, 0.1) is 6.92 Å². The minimum absolute atomic E-state index is 0.159. The summed E-state index contributed by atoms with van der Waals surface area (Å²) in [7, 11) is 1.29. The first-order valence-corrected chi connectivity index (χ1v) is 4.64. The van der Waals surface area contributed by atoms with E-state index in [1.54, 1.807) is 6.92 Å². The number of carbonyl (C=O) groups is 2. The second kappa shape index (κ2) is 5.32. The topological polar surface area (TPSA) is 88.8 Å². The van der Waals surface area contributed by atoms with Crippen LogP contribution in [0.5, 0.6) is 0 Å². The number of methoxy groups -OCH3 is 1. The first kappa shape index (κ1) is 12.3. The molecule has 0 aromatic carbocycles. The van der Waals surface area contributed by atoms with Gasteiger partial charge in [0.2, 0.25) is 0 Å². The molecule has 0 atom stereocenters. The van der Waals surface area contributed by atoms with E-state index in [1.165, 1.54) is 13.2 Å². The van der Waals surface area contributed by atoms with E-state index in [4.69, 9.17) is 9.52 Å². The van der Waals surface area contributed by atoms with Crippen LogP contribution in [0.25, 0.3) is 0 Å². The quantitative estimate of drug-likeness (QED) is 0.714. The van der Waals surface area contributed by atoms with Gasteiger partial charge in [0.05, 0.1) is 20.2 Å². The van der Waals surface area contributed by atoms with Crippen molar-refractivity contribution in [2.75, 3.05) is 13.7 Å². The highest BCUT2D eigenvalue weighted by Crippen LogP contribution is 2.15. The molecule has 0 radical (unpaired) electrons. The van der Waals surface area contributed by atoms with Gasteiger partial charge in [-0.05, 0) is 13.0 Å². The third kappa shape index (κ3) is 3.09. The summed E-state index contributed by atoms with van der Waals surface area (Å²) in [6.45, 7) is 1.74. The first-order chi connectivity index (χ1) is 7.54. The summed E-state index contributed by atoms with van der Waals surface area (Å²) >= 11 is 0. The van der Waals surface area contributed by atoms with E-state index in [-0.39, 0.29) is 13.1 Å². The molecule has 1 rings (SSSR count). The van der Waals surface area contributed by atoms with Gasteiger partial charge in [0.25, 0.3) is 0 Å². The Hall–Kier alpha value is -1.82. The third-order valence-electron chi connectivity index (χ3n) is 1.95. The molecule has 1 aromatic heterocycles. The predicted molar refractivity (Wildman–Crippen MR) is 54.1 cm³/mol. The zero-order valence-corrected chi connectivity index (χ0v) is 9.07. The Kier molecular flexibility index (Phi) is 4.07. The second-order valence-electron chi connectivity index (χ2n) is 3.17. The molecule has 0 saturated carbocycles. The van der Waals surface area contributed by atoms with Crippen molar-refractivity contribution in [1.29, 1.82) is 0 Å². The van der Waals surface area contributed by atoms with Crippen LogP contribution in [0.4, 0.5) is 0 Å². The number of carboxylic acid groups (broad SMARTS) is 1. The van der Waals surface area contributed by atoms with Gasteiger partial charge >= 0.3 is 11.9 Å². The summed E-state index contributed by atoms with van der Waals surface area (Å²) in [5.74, 6) is -0.458. The largest absolute Gasteiger partial charge is 0.480 e. The normalized spacial score (nSPS) is 10.1. The number of furan rings is 1. The smallest absolute Gasteiger partial charge is 0.341 e. The Morgan fingerprint density at radius 2 is 2.25 bits per heavy atom. The minimum atomic E-state index is -0.948. The van der Waals surface area contributed by atoms with Crippen LogP contribution in [0.3, 0.4) is 0 Å². The number of aryl methyl sites for hydroxylation is 1. The lowest BCUT2D eigenvalue weighted by molar-refractivity contribution is -0.136. The monoisotopic (exact) mass is 227 g/mol. The molecule has 6 nitrogen and oxygen atoms in total. The van der Waals surface area contributed by atoms with Crippen LogP contribution >= 0.6 is 0 Å². The van der Waals surface area contributed by atoms with E-state index in [0.29, 0.717) is 17.1 Å². The highest BCUT2D eigenvalue weighted by Gasteiger charge is 2.14. The molecule has 0 unspecified atom stereocenters. The predicted octanol–water partition coefficient (Wildman–Crippen LogP) is 0.549. The summed E-state index contributed by atoms with van der Waals surface area (Å²) in [6, 6.07) is 1.54. The van der Waals surface area contributed by atoms with Gasteiger partial charge in [-0.25, -0.2) is 4.79 Å². The number of rotatable bonds is 5. The van der Waals surface area contributed by atoms with E-state index in [0.717, 1.165) is 0 Å². The number of carbonyl (C=O) groups excluding carboxylic acids is 1. The molecule has 2 N–H and O–H groups in total. The maximum absolute atomic E-state index is 11.2. The fourth-order valence-electron chi connectivity index (χ4n) is 1.24. The molecule has 0 aliphatic rings. The van der Waals surface area contributed by atoms with Gasteiger partial charge < -0.3 is 14.3 Å². The third-order valence-corrected chi connectivity index (χ3v) is 1.95. The van der Waals surface area contributed by atoms with Gasteiger partial charge in [-0.15, -0.1) is 0 Å². The fraction of sp³-hybridized carbons (Fsp3) is 0.400. The summed E-state index contributed by atoms with van der Waals surface area (Å²) in [4.78, 5) is 21.5. The van der Waals surface area contributed by atoms with Crippen LogP contribution in [-0.2, 0) is 16.1 Å². The molecule has 0 amide bonds. The zero-order valence-electron chi connectivity index (χ0n) is 9.07. The van der Waals surface area contributed by atoms with Crippen molar-refractivity contribution in [3.05, 3.63) is 23.2 Å². The van der Waals surface area contributed by atoms with Gasteiger partial charge in [0, 0.05) is 0 Å². The lowest BCUT2D eigenvalue weighted by atomic mass is 10.2. The molecule has 0 spiro atoms. The van der Waals surface area contributed by atoms with Gasteiger partial charge in [0.15, 0.2) is 0 Å². The number of aliphatic carboxylic acids is 1. The Morgan fingerprint density at radius 1 is 1.56 bits per heavy atom. The molecular formula is C10H13NO5. The molecule has 0 aliphatic carbocycles. The summed E-state index contributed by atoms with van der Waals surface area (Å²) < 4.78 is 9.82. The SMILES string of the molecule is COC(=O)c1cc(CNCC(=O)O)oc1C. The van der Waals surface area contributed by atoms with E-state index >= 15 is 0 Å². The molecule has 6 heteroatoms. The lowest BCUT2D eigenvalue weighted by Gasteiger charge is -1.96. The fourth-order valence-corrected chi connectivity index (χ4v) is 1.24. The van der Waals surface area contributed by atoms with E-state index in [1.807, 2.05) is 0 Å². The van der Waals surface area contributed by atoms with Crippen molar-refractivity contribution in [2.45, 2.75) is 13.5 Å². The van der Waals surface area contributed by atoms with E-state index < -0.39 is 11.9 Å². The summed E-state index contributed by atoms with van der Waals surface area (Å²) in [5.41, 5.74) is 0.356. The maximum atomic E-state index is 11.2. The lowest BCUT2D eigenvalue weighted by Crippen LogP contribution is -2.21. The Balaban J connectivity index is 2.62. The molecule has 0 bridgehead atoms.